The molecule has 1 aliphatic heterocycles. The maximum absolute atomic E-state index is 13.2. The zero-order valence-electron chi connectivity index (χ0n) is 22.3. The van der Waals surface area contributed by atoms with Crippen LogP contribution in [0, 0.1) is 11.8 Å². The minimum atomic E-state index is -0.549. The maximum atomic E-state index is 13.2. The Morgan fingerprint density at radius 3 is 2.37 bits per heavy atom. The molecule has 0 bridgehead atoms. The first kappa shape index (κ1) is 29.1. The fraction of sp³-hybridized carbons (Fsp3) is 0.452. The first-order chi connectivity index (χ1) is 18.5. The molecule has 0 spiro atoms. The summed E-state index contributed by atoms with van der Waals surface area (Å²) in [5, 5.41) is 12.4. The van der Waals surface area contributed by atoms with Crippen LogP contribution in [0.4, 0.5) is 0 Å². The van der Waals surface area contributed by atoms with Gasteiger partial charge in [0, 0.05) is 19.5 Å². The summed E-state index contributed by atoms with van der Waals surface area (Å²) in [4.78, 5) is 40.8. The largest absolute Gasteiger partial charge is 0.461 e. The van der Waals surface area contributed by atoms with Gasteiger partial charge in [0.2, 0.25) is 11.8 Å². The number of ether oxygens (including phenoxy) is 1. The molecular formula is C31H40N2O5. The van der Waals surface area contributed by atoms with Gasteiger partial charge < -0.3 is 20.1 Å². The molecule has 1 aliphatic rings. The summed E-state index contributed by atoms with van der Waals surface area (Å²) in [6.45, 7) is 2.38. The number of nitrogens with one attached hydrogen (secondary N) is 1. The highest BCUT2D eigenvalue weighted by molar-refractivity contribution is 5.86. The third-order valence-corrected chi connectivity index (χ3v) is 6.78. The standard InChI is InChI=1S/C31H40N2O5/c1-24-22-32-30(36)27(21-29(35)33(18-19-34)23-26-14-8-5-9-15-26)16-10-2-3-11-17-28(31(37)38-24)20-25-12-6-4-7-13-25/h2,4-10,12-15,24,27-28,34H,3,11,16-23H2,1H3,(H,32,36). The molecule has 204 valence electrons. The first-order valence-electron chi connectivity index (χ1n) is 13.6. The quantitative estimate of drug-likeness (QED) is 0.404. The van der Waals surface area contributed by atoms with Gasteiger partial charge in [-0.25, -0.2) is 0 Å². The SMILES string of the molecule is CC1CNC(=O)C(CC(=O)N(CCO)Cc2ccccc2)CC=CCCCC(Cc2ccccc2)C(=O)O1. The second kappa shape index (κ2) is 15.7. The fourth-order valence-corrected chi connectivity index (χ4v) is 4.63. The topological polar surface area (TPSA) is 95.9 Å². The van der Waals surface area contributed by atoms with Gasteiger partial charge in [-0.2, -0.15) is 0 Å². The summed E-state index contributed by atoms with van der Waals surface area (Å²) in [7, 11) is 0. The summed E-state index contributed by atoms with van der Waals surface area (Å²) in [5.74, 6) is -1.45. The van der Waals surface area contributed by atoms with E-state index in [1.54, 1.807) is 11.8 Å². The molecule has 2 amide bonds. The number of cyclic esters (lactones) is 1. The molecule has 0 fully saturated rings. The van der Waals surface area contributed by atoms with Crippen LogP contribution in [-0.2, 0) is 32.1 Å². The van der Waals surface area contributed by atoms with Crippen LogP contribution >= 0.6 is 0 Å². The van der Waals surface area contributed by atoms with Gasteiger partial charge in [0.25, 0.3) is 0 Å². The van der Waals surface area contributed by atoms with Gasteiger partial charge in [0.05, 0.1) is 25.0 Å². The summed E-state index contributed by atoms with van der Waals surface area (Å²) < 4.78 is 5.71. The molecule has 2 aromatic rings. The van der Waals surface area contributed by atoms with Crippen molar-refractivity contribution >= 4 is 17.8 Å². The van der Waals surface area contributed by atoms with Crippen molar-refractivity contribution in [2.24, 2.45) is 11.8 Å². The number of esters is 1. The van der Waals surface area contributed by atoms with Gasteiger partial charge in [-0.1, -0.05) is 72.8 Å². The summed E-state index contributed by atoms with van der Waals surface area (Å²) >= 11 is 0. The molecule has 7 nitrogen and oxygen atoms in total. The normalized spacial score (nSPS) is 21.2. The van der Waals surface area contributed by atoms with Crippen molar-refractivity contribution in [3.05, 3.63) is 83.9 Å². The lowest BCUT2D eigenvalue weighted by Crippen LogP contribution is -2.40. The van der Waals surface area contributed by atoms with E-state index in [1.807, 2.05) is 72.8 Å². The van der Waals surface area contributed by atoms with Gasteiger partial charge >= 0.3 is 5.97 Å². The molecule has 3 unspecified atom stereocenters. The van der Waals surface area contributed by atoms with E-state index in [0.717, 1.165) is 24.0 Å². The molecule has 3 rings (SSSR count). The van der Waals surface area contributed by atoms with E-state index in [1.165, 1.54) is 0 Å². The van der Waals surface area contributed by atoms with Crippen LogP contribution in [0.5, 0.6) is 0 Å². The van der Waals surface area contributed by atoms with Crippen molar-refractivity contribution in [2.75, 3.05) is 19.7 Å². The maximum Gasteiger partial charge on any atom is 0.309 e. The number of benzene rings is 2. The third-order valence-electron chi connectivity index (χ3n) is 6.78. The van der Waals surface area contributed by atoms with Crippen LogP contribution in [-0.4, -0.2) is 53.6 Å². The molecule has 0 aliphatic carbocycles. The van der Waals surface area contributed by atoms with E-state index in [9.17, 15) is 19.5 Å². The highest BCUT2D eigenvalue weighted by Gasteiger charge is 2.26. The average molecular weight is 521 g/mol. The smallest absolute Gasteiger partial charge is 0.309 e. The Kier molecular flexibility index (Phi) is 12.0. The Balaban J connectivity index is 1.65. The number of allylic oxidation sites excluding steroid dienone is 2. The highest BCUT2D eigenvalue weighted by atomic mass is 16.5. The number of hydrogen-bond donors (Lipinski definition) is 2. The molecule has 3 atom stereocenters. The van der Waals surface area contributed by atoms with E-state index in [-0.39, 0.29) is 49.8 Å². The molecule has 2 aromatic carbocycles. The number of rotatable bonds is 8. The molecule has 7 heteroatoms. The third kappa shape index (κ3) is 9.78. The number of carbonyl (C=O) groups is 3. The van der Waals surface area contributed by atoms with Gasteiger partial charge in [0.15, 0.2) is 0 Å². The van der Waals surface area contributed by atoms with E-state index < -0.39 is 12.0 Å². The monoisotopic (exact) mass is 520 g/mol. The lowest BCUT2D eigenvalue weighted by Gasteiger charge is -2.25. The van der Waals surface area contributed by atoms with Crippen LogP contribution in [0.3, 0.4) is 0 Å². The lowest BCUT2D eigenvalue weighted by molar-refractivity contribution is -0.153. The molecule has 0 aromatic heterocycles. The van der Waals surface area contributed by atoms with Crippen molar-refractivity contribution in [2.45, 2.75) is 58.1 Å². The minimum absolute atomic E-state index is 0.0380. The van der Waals surface area contributed by atoms with Gasteiger partial charge in [0.1, 0.15) is 6.10 Å². The Morgan fingerprint density at radius 2 is 1.68 bits per heavy atom. The predicted molar refractivity (Wildman–Crippen MR) is 147 cm³/mol. The predicted octanol–water partition coefficient (Wildman–Crippen LogP) is 4.05. The number of carbonyl (C=O) groups excluding carboxylic acids is 3. The van der Waals surface area contributed by atoms with Crippen molar-refractivity contribution in [1.29, 1.82) is 0 Å². The van der Waals surface area contributed by atoms with Gasteiger partial charge in [-0.3, -0.25) is 14.4 Å². The van der Waals surface area contributed by atoms with Crippen LogP contribution in [0.15, 0.2) is 72.8 Å². The molecule has 1 heterocycles. The Bertz CT molecular complexity index is 1040. The number of aliphatic hydroxyl groups is 1. The van der Waals surface area contributed by atoms with Crippen molar-refractivity contribution in [1.82, 2.24) is 10.2 Å². The number of aliphatic hydroxyl groups excluding tert-OH is 1. The second-order valence-electron chi connectivity index (χ2n) is 9.94. The van der Waals surface area contributed by atoms with E-state index >= 15 is 0 Å². The molecule has 38 heavy (non-hydrogen) atoms. The van der Waals surface area contributed by atoms with Crippen LogP contribution in [0.25, 0.3) is 0 Å². The molecular weight excluding hydrogens is 480 g/mol. The Labute approximate surface area is 225 Å². The summed E-state index contributed by atoms with van der Waals surface area (Å²) in [6, 6.07) is 19.5. The summed E-state index contributed by atoms with van der Waals surface area (Å²) in [6.07, 6.45) is 6.94. The Morgan fingerprint density at radius 1 is 1.00 bits per heavy atom. The van der Waals surface area contributed by atoms with Crippen LogP contribution in [0.2, 0.25) is 0 Å². The second-order valence-corrected chi connectivity index (χ2v) is 9.94. The average Bonchev–Trinajstić information content (AvgIpc) is 2.92. The molecule has 0 saturated heterocycles. The lowest BCUT2D eigenvalue weighted by atomic mass is 9.93. The first-order valence-corrected chi connectivity index (χ1v) is 13.6. The molecule has 0 radical (unpaired) electrons. The van der Waals surface area contributed by atoms with Gasteiger partial charge in [-0.15, -0.1) is 0 Å². The zero-order valence-corrected chi connectivity index (χ0v) is 22.3. The van der Waals surface area contributed by atoms with E-state index in [2.05, 4.69) is 5.32 Å². The highest BCUT2D eigenvalue weighted by Crippen LogP contribution is 2.20. The number of amides is 2. The molecule has 2 N–H and O–H groups in total. The van der Waals surface area contributed by atoms with Crippen molar-refractivity contribution in [3.8, 4) is 0 Å². The van der Waals surface area contributed by atoms with Crippen LogP contribution < -0.4 is 5.32 Å². The molecule has 0 saturated carbocycles. The van der Waals surface area contributed by atoms with Crippen molar-refractivity contribution < 1.29 is 24.2 Å². The van der Waals surface area contributed by atoms with E-state index in [4.69, 9.17) is 4.74 Å². The summed E-state index contributed by atoms with van der Waals surface area (Å²) in [5.41, 5.74) is 2.06. The fourth-order valence-electron chi connectivity index (χ4n) is 4.63. The number of nitrogens with zero attached hydrogens (tertiary/aromatic N) is 1. The van der Waals surface area contributed by atoms with Gasteiger partial charge in [-0.05, 0) is 50.2 Å². The van der Waals surface area contributed by atoms with Crippen molar-refractivity contribution in [3.63, 3.8) is 0 Å². The minimum Gasteiger partial charge on any atom is -0.461 e. The zero-order chi connectivity index (χ0) is 27.2. The van der Waals surface area contributed by atoms with Crippen LogP contribution in [0.1, 0.15) is 50.2 Å². The number of hydrogen-bond acceptors (Lipinski definition) is 5. The van der Waals surface area contributed by atoms with E-state index in [0.29, 0.717) is 25.8 Å². The Hall–Kier alpha value is -3.45.